The van der Waals surface area contributed by atoms with Gasteiger partial charge in [0.1, 0.15) is 0 Å². The van der Waals surface area contributed by atoms with Gasteiger partial charge in [-0.05, 0) is 18.9 Å². The highest BCUT2D eigenvalue weighted by Crippen LogP contribution is 2.12. The minimum atomic E-state index is 1.10. The largest absolute Gasteiger partial charge is 0.370 e. The van der Waals surface area contributed by atoms with E-state index in [-0.39, 0.29) is 0 Å². The quantitative estimate of drug-likeness (QED) is 0.695. The lowest BCUT2D eigenvalue weighted by Gasteiger charge is -2.23. The minimum Gasteiger partial charge on any atom is -0.370 e. The summed E-state index contributed by atoms with van der Waals surface area (Å²) >= 11 is 0. The average molecular weight is 193 g/mol. The topological polar surface area (TPSA) is 29.0 Å². The molecule has 0 radical (unpaired) electrons. The van der Waals surface area contributed by atoms with Gasteiger partial charge in [0, 0.05) is 13.1 Å². The third kappa shape index (κ3) is 3.32. The van der Waals surface area contributed by atoms with Crippen molar-refractivity contribution in [3.8, 4) is 0 Å². The summed E-state index contributed by atoms with van der Waals surface area (Å²) in [6, 6.07) is 2.03. The second-order valence-corrected chi connectivity index (χ2v) is 3.44. The Balaban J connectivity index is 2.58. The van der Waals surface area contributed by atoms with E-state index in [4.69, 9.17) is 0 Å². The summed E-state index contributed by atoms with van der Waals surface area (Å²) in [5, 5.41) is 7.70. The number of hydrogen-bond acceptors (Lipinski definition) is 3. The minimum absolute atomic E-state index is 1.10. The van der Waals surface area contributed by atoms with E-state index < -0.39 is 0 Å². The predicted molar refractivity (Wildman–Crippen MR) is 59.4 cm³/mol. The first-order valence-electron chi connectivity index (χ1n) is 5.40. The van der Waals surface area contributed by atoms with Crippen LogP contribution in [-0.2, 0) is 0 Å². The Morgan fingerprint density at radius 2 is 2.00 bits per heavy atom. The van der Waals surface area contributed by atoms with Crippen LogP contribution in [-0.4, -0.2) is 23.3 Å². The van der Waals surface area contributed by atoms with E-state index in [1.165, 1.54) is 24.9 Å². The molecule has 0 aliphatic carbocycles. The fraction of sp³-hybridized carbons (Fsp3) is 0.636. The van der Waals surface area contributed by atoms with Gasteiger partial charge in [-0.15, -0.1) is 0 Å². The van der Waals surface area contributed by atoms with Crippen LogP contribution in [0.4, 0.5) is 5.69 Å². The van der Waals surface area contributed by atoms with Crippen LogP contribution in [0, 0.1) is 0 Å². The molecule has 0 saturated carbocycles. The molecule has 0 atom stereocenters. The Morgan fingerprint density at radius 1 is 1.14 bits per heavy atom. The Labute approximate surface area is 86.2 Å². The molecule has 0 N–H and O–H groups in total. The van der Waals surface area contributed by atoms with Crippen LogP contribution in [0.1, 0.15) is 33.1 Å². The van der Waals surface area contributed by atoms with Crippen LogP contribution >= 0.6 is 0 Å². The van der Waals surface area contributed by atoms with Gasteiger partial charge in [0.2, 0.25) is 0 Å². The summed E-state index contributed by atoms with van der Waals surface area (Å²) in [6.45, 7) is 6.64. The summed E-state index contributed by atoms with van der Waals surface area (Å²) in [4.78, 5) is 2.37. The summed E-state index contributed by atoms with van der Waals surface area (Å²) in [5.41, 5.74) is 1.19. The Kier molecular flexibility index (Phi) is 4.97. The zero-order valence-corrected chi connectivity index (χ0v) is 9.11. The highest BCUT2D eigenvalue weighted by Gasteiger charge is 2.03. The summed E-state index contributed by atoms with van der Waals surface area (Å²) in [7, 11) is 0. The molecule has 0 aliphatic heterocycles. The first-order chi connectivity index (χ1) is 6.88. The third-order valence-corrected chi connectivity index (χ3v) is 2.21. The van der Waals surface area contributed by atoms with Crippen molar-refractivity contribution < 1.29 is 0 Å². The average Bonchev–Trinajstić information content (AvgIpc) is 2.25. The van der Waals surface area contributed by atoms with Gasteiger partial charge in [-0.2, -0.15) is 10.2 Å². The van der Waals surface area contributed by atoms with E-state index in [2.05, 4.69) is 28.9 Å². The number of aromatic nitrogens is 2. The van der Waals surface area contributed by atoms with Gasteiger partial charge < -0.3 is 4.90 Å². The molecule has 3 nitrogen and oxygen atoms in total. The van der Waals surface area contributed by atoms with Gasteiger partial charge in [0.05, 0.1) is 18.1 Å². The monoisotopic (exact) mass is 193 g/mol. The van der Waals surface area contributed by atoms with Gasteiger partial charge >= 0.3 is 0 Å². The van der Waals surface area contributed by atoms with Crippen LogP contribution in [0.2, 0.25) is 0 Å². The first kappa shape index (κ1) is 11.0. The molecule has 14 heavy (non-hydrogen) atoms. The fourth-order valence-electron chi connectivity index (χ4n) is 1.46. The predicted octanol–water partition coefficient (Wildman–Crippen LogP) is 2.49. The lowest BCUT2D eigenvalue weighted by molar-refractivity contribution is 0.701. The molecular formula is C11H19N3. The molecule has 3 heteroatoms. The van der Waals surface area contributed by atoms with Crippen molar-refractivity contribution in [1.29, 1.82) is 0 Å². The van der Waals surface area contributed by atoms with Gasteiger partial charge in [-0.3, -0.25) is 0 Å². The van der Waals surface area contributed by atoms with E-state index in [9.17, 15) is 0 Å². The SMILES string of the molecule is CCCCN(CCC)c1ccnnc1. The molecule has 1 aromatic heterocycles. The van der Waals surface area contributed by atoms with Gasteiger partial charge in [-0.1, -0.05) is 20.3 Å². The number of anilines is 1. The maximum absolute atomic E-state index is 3.90. The summed E-state index contributed by atoms with van der Waals surface area (Å²) in [5.74, 6) is 0. The number of nitrogens with zero attached hydrogens (tertiary/aromatic N) is 3. The maximum Gasteiger partial charge on any atom is 0.0729 e. The Hall–Kier alpha value is -1.12. The van der Waals surface area contributed by atoms with Crippen LogP contribution < -0.4 is 4.90 Å². The van der Waals surface area contributed by atoms with Crippen molar-refractivity contribution in [3.63, 3.8) is 0 Å². The van der Waals surface area contributed by atoms with Crippen molar-refractivity contribution in [3.05, 3.63) is 18.5 Å². The summed E-state index contributed by atoms with van der Waals surface area (Å²) < 4.78 is 0. The lowest BCUT2D eigenvalue weighted by Crippen LogP contribution is -2.25. The van der Waals surface area contributed by atoms with Crippen LogP contribution in [0.3, 0.4) is 0 Å². The van der Waals surface area contributed by atoms with E-state index in [0.29, 0.717) is 0 Å². The Morgan fingerprint density at radius 3 is 2.57 bits per heavy atom. The third-order valence-electron chi connectivity index (χ3n) is 2.21. The fourth-order valence-corrected chi connectivity index (χ4v) is 1.46. The van der Waals surface area contributed by atoms with E-state index in [1.807, 2.05) is 12.3 Å². The smallest absolute Gasteiger partial charge is 0.0729 e. The standard InChI is InChI=1S/C11H19N3/c1-3-5-9-14(8-4-2)11-6-7-12-13-10-11/h6-7,10H,3-5,8-9H2,1-2H3. The van der Waals surface area contributed by atoms with Crippen LogP contribution in [0.25, 0.3) is 0 Å². The molecule has 0 aliphatic rings. The first-order valence-corrected chi connectivity index (χ1v) is 5.40. The molecule has 1 heterocycles. The maximum atomic E-state index is 3.90. The molecule has 78 valence electrons. The molecule has 0 unspecified atom stereocenters. The number of rotatable bonds is 6. The lowest BCUT2D eigenvalue weighted by atomic mass is 10.2. The van der Waals surface area contributed by atoms with Crippen molar-refractivity contribution in [1.82, 2.24) is 10.2 Å². The number of unbranched alkanes of at least 4 members (excludes halogenated alkanes) is 1. The number of hydrogen-bond donors (Lipinski definition) is 0. The van der Waals surface area contributed by atoms with E-state index >= 15 is 0 Å². The normalized spacial score (nSPS) is 10.1. The molecule has 0 saturated heterocycles. The molecular weight excluding hydrogens is 174 g/mol. The molecule has 1 aromatic rings. The highest BCUT2D eigenvalue weighted by atomic mass is 15.2. The van der Waals surface area contributed by atoms with Crippen molar-refractivity contribution in [2.75, 3.05) is 18.0 Å². The Bertz CT molecular complexity index is 236. The van der Waals surface area contributed by atoms with Crippen LogP contribution in [0.5, 0.6) is 0 Å². The molecule has 0 fully saturated rings. The van der Waals surface area contributed by atoms with E-state index in [1.54, 1.807) is 6.20 Å². The van der Waals surface area contributed by atoms with Crippen molar-refractivity contribution in [2.45, 2.75) is 33.1 Å². The van der Waals surface area contributed by atoms with Crippen molar-refractivity contribution >= 4 is 5.69 Å². The molecule has 0 amide bonds. The second kappa shape index (κ2) is 6.35. The highest BCUT2D eigenvalue weighted by molar-refractivity contribution is 5.42. The van der Waals surface area contributed by atoms with Gasteiger partial charge in [0.25, 0.3) is 0 Å². The molecule has 1 rings (SSSR count). The van der Waals surface area contributed by atoms with Crippen molar-refractivity contribution in [2.24, 2.45) is 0 Å². The second-order valence-electron chi connectivity index (χ2n) is 3.44. The zero-order chi connectivity index (χ0) is 10.2. The molecule has 0 bridgehead atoms. The van der Waals surface area contributed by atoms with Gasteiger partial charge in [-0.25, -0.2) is 0 Å². The molecule has 0 aromatic carbocycles. The van der Waals surface area contributed by atoms with E-state index in [0.717, 1.165) is 13.1 Å². The van der Waals surface area contributed by atoms with Gasteiger partial charge in [0.15, 0.2) is 0 Å². The van der Waals surface area contributed by atoms with Crippen LogP contribution in [0.15, 0.2) is 18.5 Å². The summed E-state index contributed by atoms with van der Waals surface area (Å²) in [6.07, 6.45) is 7.24. The zero-order valence-electron chi connectivity index (χ0n) is 9.11. The molecule has 0 spiro atoms.